The molecule has 36 heavy (non-hydrogen) atoms. The Morgan fingerprint density at radius 1 is 1.19 bits per heavy atom. The van der Waals surface area contributed by atoms with Gasteiger partial charge in [0.2, 0.25) is 0 Å². The Morgan fingerprint density at radius 3 is 2.69 bits per heavy atom. The number of thiazole rings is 1. The van der Waals surface area contributed by atoms with Crippen molar-refractivity contribution in [3.63, 3.8) is 0 Å². The molecule has 0 spiro atoms. The van der Waals surface area contributed by atoms with Crippen LogP contribution in [0, 0.1) is 0 Å². The summed E-state index contributed by atoms with van der Waals surface area (Å²) in [5.74, 6) is -0.797. The molecule has 0 bridgehead atoms. The van der Waals surface area contributed by atoms with Gasteiger partial charge >= 0.3 is 5.97 Å². The number of hydrogen-bond acceptors (Lipinski definition) is 6. The SMILES string of the molecule is CSCC[C@H](NC(=O)c1ccc(/C=C(/Cn2ccnc2)c2nccs2)c(-c2ccccc2)c1)C(=O)O. The summed E-state index contributed by atoms with van der Waals surface area (Å²) in [6, 6.07) is 14.3. The molecule has 0 radical (unpaired) electrons. The van der Waals surface area contributed by atoms with Crippen LogP contribution < -0.4 is 5.32 Å². The van der Waals surface area contributed by atoms with Gasteiger partial charge in [-0.1, -0.05) is 36.4 Å². The summed E-state index contributed by atoms with van der Waals surface area (Å²) < 4.78 is 1.98. The Morgan fingerprint density at radius 2 is 2.03 bits per heavy atom. The van der Waals surface area contributed by atoms with Crippen molar-refractivity contribution < 1.29 is 14.7 Å². The number of nitrogens with one attached hydrogen (secondary N) is 1. The number of carboxylic acid groups (broad SMARTS) is 1. The largest absolute Gasteiger partial charge is 0.480 e. The zero-order valence-corrected chi connectivity index (χ0v) is 21.3. The van der Waals surface area contributed by atoms with Crippen molar-refractivity contribution in [1.82, 2.24) is 19.9 Å². The molecule has 0 saturated carbocycles. The lowest BCUT2D eigenvalue weighted by molar-refractivity contribution is -0.139. The maximum atomic E-state index is 13.0. The van der Waals surface area contributed by atoms with Crippen LogP contribution in [0.1, 0.15) is 27.3 Å². The monoisotopic (exact) mass is 518 g/mol. The number of aliphatic carboxylic acids is 1. The van der Waals surface area contributed by atoms with E-state index in [2.05, 4.69) is 21.4 Å². The van der Waals surface area contributed by atoms with Crippen LogP contribution in [0.25, 0.3) is 22.8 Å². The fraction of sp³-hybridized carbons (Fsp3) is 0.185. The van der Waals surface area contributed by atoms with Crippen molar-refractivity contribution in [1.29, 1.82) is 0 Å². The highest BCUT2D eigenvalue weighted by Gasteiger charge is 2.21. The first-order chi connectivity index (χ1) is 17.5. The summed E-state index contributed by atoms with van der Waals surface area (Å²) in [5, 5.41) is 15.0. The number of imidazole rings is 1. The number of benzene rings is 2. The lowest BCUT2D eigenvalue weighted by atomic mass is 9.95. The van der Waals surface area contributed by atoms with Crippen molar-refractivity contribution >= 4 is 46.6 Å². The van der Waals surface area contributed by atoms with Gasteiger partial charge in [0, 0.05) is 35.1 Å². The average Bonchev–Trinajstić information content (AvgIpc) is 3.61. The van der Waals surface area contributed by atoms with Crippen LogP contribution in [0.2, 0.25) is 0 Å². The summed E-state index contributed by atoms with van der Waals surface area (Å²) in [6.45, 7) is 0.597. The first-order valence-electron chi connectivity index (χ1n) is 11.3. The Hall–Kier alpha value is -3.69. The second-order valence-corrected chi connectivity index (χ2v) is 9.94. The molecule has 0 aliphatic rings. The van der Waals surface area contributed by atoms with Gasteiger partial charge in [0.25, 0.3) is 5.91 Å². The first-order valence-corrected chi connectivity index (χ1v) is 13.6. The van der Waals surface area contributed by atoms with Gasteiger partial charge in [-0.15, -0.1) is 11.3 Å². The number of allylic oxidation sites excluding steroid dienone is 1. The highest BCUT2D eigenvalue weighted by Crippen LogP contribution is 2.30. The van der Waals surface area contributed by atoms with Gasteiger partial charge in [0.1, 0.15) is 11.0 Å². The van der Waals surface area contributed by atoms with Gasteiger partial charge < -0.3 is 15.0 Å². The van der Waals surface area contributed by atoms with E-state index in [1.165, 1.54) is 0 Å². The van der Waals surface area contributed by atoms with Gasteiger partial charge in [0.15, 0.2) is 0 Å². The molecule has 1 atom stereocenters. The molecular weight excluding hydrogens is 492 g/mol. The molecule has 2 N–H and O–H groups in total. The van der Waals surface area contributed by atoms with Crippen LogP contribution in [0.3, 0.4) is 0 Å². The minimum absolute atomic E-state index is 0.361. The van der Waals surface area contributed by atoms with E-state index >= 15 is 0 Å². The maximum Gasteiger partial charge on any atom is 0.326 e. The minimum Gasteiger partial charge on any atom is -0.480 e. The smallest absolute Gasteiger partial charge is 0.326 e. The number of rotatable bonds is 11. The summed E-state index contributed by atoms with van der Waals surface area (Å²) in [5.41, 5.74) is 4.18. The second kappa shape index (κ2) is 12.3. The van der Waals surface area contributed by atoms with Crippen molar-refractivity contribution in [3.8, 4) is 11.1 Å². The summed E-state index contributed by atoms with van der Waals surface area (Å²) in [4.78, 5) is 33.3. The van der Waals surface area contributed by atoms with Crippen LogP contribution in [0.15, 0.2) is 78.8 Å². The Kier molecular flexibility index (Phi) is 8.70. The normalized spacial score (nSPS) is 12.3. The number of amides is 1. The molecule has 9 heteroatoms. The number of carbonyl (C=O) groups excluding carboxylic acids is 1. The average molecular weight is 519 g/mol. The molecule has 4 rings (SSSR count). The van der Waals surface area contributed by atoms with E-state index in [-0.39, 0.29) is 0 Å². The molecule has 0 unspecified atom stereocenters. The van der Waals surface area contributed by atoms with Crippen LogP contribution in [-0.2, 0) is 11.3 Å². The zero-order valence-electron chi connectivity index (χ0n) is 19.7. The Labute approximate surface area is 217 Å². The van der Waals surface area contributed by atoms with E-state index in [0.29, 0.717) is 24.3 Å². The Bertz CT molecular complexity index is 1320. The number of hydrogen-bond donors (Lipinski definition) is 2. The van der Waals surface area contributed by atoms with Crippen molar-refractivity contribution in [3.05, 3.63) is 95.0 Å². The van der Waals surface area contributed by atoms with Crippen LogP contribution in [-0.4, -0.2) is 49.6 Å². The number of thioether (sulfide) groups is 1. The molecular formula is C27H26N4O3S2. The topological polar surface area (TPSA) is 97.1 Å². The standard InChI is InChI=1S/C27H26N4O3S2/c1-35-13-9-24(27(33)34)30-25(32)21-8-7-20(23(16-21)19-5-3-2-4-6-19)15-22(26-29-11-14-36-26)17-31-12-10-28-18-31/h2-8,10-12,14-16,18,24H,9,13,17H2,1H3,(H,30,32)(H,33,34)/b22-15-/t24-/m0/s1. The second-order valence-electron chi connectivity index (χ2n) is 8.06. The summed E-state index contributed by atoms with van der Waals surface area (Å²) in [7, 11) is 0. The molecule has 184 valence electrons. The molecule has 0 saturated heterocycles. The fourth-order valence-corrected chi connectivity index (χ4v) is 4.87. The molecule has 2 aromatic heterocycles. The predicted octanol–water partition coefficient (Wildman–Crippen LogP) is 5.18. The lowest BCUT2D eigenvalue weighted by Gasteiger charge is -2.16. The number of carbonyl (C=O) groups is 2. The van der Waals surface area contributed by atoms with E-state index in [0.717, 1.165) is 27.3 Å². The van der Waals surface area contributed by atoms with Gasteiger partial charge in [0.05, 0.1) is 12.9 Å². The van der Waals surface area contributed by atoms with Crippen LogP contribution in [0.5, 0.6) is 0 Å². The minimum atomic E-state index is -1.03. The first kappa shape index (κ1) is 25.4. The fourth-order valence-electron chi connectivity index (χ4n) is 3.75. The summed E-state index contributed by atoms with van der Waals surface area (Å²) >= 11 is 3.11. The molecule has 2 aromatic carbocycles. The van der Waals surface area contributed by atoms with E-state index < -0.39 is 17.9 Å². The van der Waals surface area contributed by atoms with E-state index in [9.17, 15) is 14.7 Å². The van der Waals surface area contributed by atoms with Gasteiger partial charge in [-0.25, -0.2) is 14.8 Å². The van der Waals surface area contributed by atoms with Crippen molar-refractivity contribution in [2.45, 2.75) is 19.0 Å². The summed E-state index contributed by atoms with van der Waals surface area (Å²) in [6.07, 6.45) is 11.5. The molecule has 1 amide bonds. The van der Waals surface area contributed by atoms with E-state index in [4.69, 9.17) is 0 Å². The van der Waals surface area contributed by atoms with Gasteiger partial charge in [-0.05, 0) is 53.3 Å². The molecule has 0 aliphatic heterocycles. The van der Waals surface area contributed by atoms with Crippen molar-refractivity contribution in [2.75, 3.05) is 12.0 Å². The zero-order chi connectivity index (χ0) is 25.3. The van der Waals surface area contributed by atoms with Gasteiger partial charge in [-0.2, -0.15) is 11.8 Å². The Balaban J connectivity index is 1.72. The predicted molar refractivity (Wildman–Crippen MR) is 146 cm³/mol. The van der Waals surface area contributed by atoms with Crippen LogP contribution in [0.4, 0.5) is 0 Å². The van der Waals surface area contributed by atoms with E-state index in [1.54, 1.807) is 47.9 Å². The molecule has 4 aromatic rings. The van der Waals surface area contributed by atoms with E-state index in [1.807, 2.05) is 64.9 Å². The molecule has 7 nitrogen and oxygen atoms in total. The quantitative estimate of drug-likeness (QED) is 0.284. The third-order valence-electron chi connectivity index (χ3n) is 5.56. The third-order valence-corrected chi connectivity index (χ3v) is 7.06. The van der Waals surface area contributed by atoms with Gasteiger partial charge in [-0.3, -0.25) is 4.79 Å². The number of nitrogens with zero attached hydrogens (tertiary/aromatic N) is 3. The molecule has 2 heterocycles. The molecule has 0 fully saturated rings. The highest BCUT2D eigenvalue weighted by atomic mass is 32.2. The van der Waals surface area contributed by atoms with Crippen molar-refractivity contribution in [2.24, 2.45) is 0 Å². The highest BCUT2D eigenvalue weighted by molar-refractivity contribution is 7.98. The number of carboxylic acids is 1. The maximum absolute atomic E-state index is 13.0. The lowest BCUT2D eigenvalue weighted by Crippen LogP contribution is -2.41. The van der Waals surface area contributed by atoms with Crippen LogP contribution >= 0.6 is 23.1 Å². The molecule has 0 aliphatic carbocycles. The number of aromatic nitrogens is 3. The third kappa shape index (κ3) is 6.50.